The van der Waals surface area contributed by atoms with Crippen LogP contribution in [0.2, 0.25) is 0 Å². The quantitative estimate of drug-likeness (QED) is 0.161. The van der Waals surface area contributed by atoms with Gasteiger partial charge in [-0.3, -0.25) is 28.6 Å². The molecule has 272 valence electrons. The van der Waals surface area contributed by atoms with E-state index in [1.165, 1.54) is 24.7 Å². The summed E-state index contributed by atoms with van der Waals surface area (Å²) < 4.78 is 68.4. The van der Waals surface area contributed by atoms with E-state index in [1.807, 2.05) is 95.9 Å². The van der Waals surface area contributed by atoms with Crippen molar-refractivity contribution in [1.82, 2.24) is 24.0 Å². The van der Waals surface area contributed by atoms with Gasteiger partial charge in [-0.15, -0.1) is 0 Å². The number of alkyl halides is 3. The van der Waals surface area contributed by atoms with E-state index in [2.05, 4.69) is 4.98 Å². The zero-order valence-corrected chi connectivity index (χ0v) is 29.9. The number of carbonyl (C=O) groups is 1. The lowest BCUT2D eigenvalue weighted by molar-refractivity contribution is -0.187. The number of aromatic amines is 1. The average molecular weight is 748 g/mol. The Balaban J connectivity index is 1.78. The second-order valence-corrected chi connectivity index (χ2v) is 15.5. The first-order valence-electron chi connectivity index (χ1n) is 15.9. The van der Waals surface area contributed by atoms with Crippen molar-refractivity contribution in [3.05, 3.63) is 140 Å². The molecule has 0 bridgehead atoms. The highest BCUT2D eigenvalue weighted by Crippen LogP contribution is 2.56. The molecule has 16 heteroatoms. The lowest BCUT2D eigenvalue weighted by Gasteiger charge is -2.52. The van der Waals surface area contributed by atoms with E-state index in [0.717, 1.165) is 35.5 Å². The summed E-state index contributed by atoms with van der Waals surface area (Å²) in [7, 11) is 3.37. The molecule has 2 heterocycles. The Kier molecular flexibility index (Phi) is 11.4. The van der Waals surface area contributed by atoms with Gasteiger partial charge in [-0.25, -0.2) is 9.46 Å². The highest BCUT2D eigenvalue weighted by Gasteiger charge is 2.50. The number of carbonyl (C=O) groups excluding carboxylic acids is 1. The smallest absolute Gasteiger partial charge is 0.350 e. The second kappa shape index (κ2) is 15.3. The Morgan fingerprint density at radius 2 is 1.45 bits per heavy atom. The molecule has 0 spiro atoms. The fourth-order valence-corrected chi connectivity index (χ4v) is 7.83. The number of hydrogen-bond donors (Lipinski definition) is 1. The van der Waals surface area contributed by atoms with Gasteiger partial charge in [0.15, 0.2) is 6.23 Å². The lowest BCUT2D eigenvalue weighted by atomic mass is 9.75. The van der Waals surface area contributed by atoms with Crippen LogP contribution in [0.25, 0.3) is 0 Å². The van der Waals surface area contributed by atoms with Crippen molar-refractivity contribution in [1.29, 1.82) is 0 Å². The van der Waals surface area contributed by atoms with E-state index in [-0.39, 0.29) is 18.7 Å². The minimum atomic E-state index is -5.20. The van der Waals surface area contributed by atoms with E-state index in [9.17, 15) is 32.1 Å². The number of aromatic nitrogens is 2. The number of benzene rings is 3. The molecule has 0 saturated carbocycles. The Morgan fingerprint density at radius 1 is 0.961 bits per heavy atom. The summed E-state index contributed by atoms with van der Waals surface area (Å²) in [5, 5.41) is 0. The van der Waals surface area contributed by atoms with Gasteiger partial charge in [0, 0.05) is 45.6 Å². The van der Waals surface area contributed by atoms with Crippen LogP contribution in [-0.2, 0) is 24.2 Å². The number of nitrogens with one attached hydrogen (secondary N) is 1. The molecule has 1 N–H and O–H groups in total. The molecule has 1 aromatic heterocycles. The van der Waals surface area contributed by atoms with Gasteiger partial charge in [0.05, 0.1) is 17.7 Å². The van der Waals surface area contributed by atoms with Crippen LogP contribution >= 0.6 is 18.1 Å². The maximum atomic E-state index is 13.7. The third-order valence-electron chi connectivity index (χ3n) is 9.18. The lowest BCUT2D eigenvalue weighted by Crippen LogP contribution is -2.62. The van der Waals surface area contributed by atoms with Crippen LogP contribution in [0.15, 0.2) is 107 Å². The number of amides is 1. The van der Waals surface area contributed by atoms with Gasteiger partial charge in [-0.1, -0.05) is 91.0 Å². The predicted molar refractivity (Wildman–Crippen MR) is 186 cm³/mol. The largest absolute Gasteiger partial charge is 0.471 e. The third-order valence-corrected chi connectivity index (χ3v) is 11.8. The molecular formula is C35H38ClF3N5O6P. The summed E-state index contributed by atoms with van der Waals surface area (Å²) in [5.74, 6) is -2.13. The third kappa shape index (κ3) is 7.76. The number of halogens is 4. The molecule has 4 atom stereocenters. The first-order chi connectivity index (χ1) is 24.1. The van der Waals surface area contributed by atoms with Crippen LogP contribution < -0.4 is 11.2 Å². The van der Waals surface area contributed by atoms with Crippen LogP contribution in [0.4, 0.5) is 13.2 Å². The Bertz CT molecular complexity index is 1890. The molecule has 11 nitrogen and oxygen atoms in total. The van der Waals surface area contributed by atoms with Crippen LogP contribution in [0.5, 0.6) is 0 Å². The molecule has 1 aliphatic rings. The van der Waals surface area contributed by atoms with E-state index < -0.39 is 60.7 Å². The number of aryl methyl sites for hydroxylation is 1. The topological polar surface area (TPSA) is 117 Å². The molecule has 1 fully saturated rings. The van der Waals surface area contributed by atoms with E-state index in [4.69, 9.17) is 20.5 Å². The number of morpholine rings is 1. The Labute approximate surface area is 297 Å². The van der Waals surface area contributed by atoms with Crippen LogP contribution in [0.3, 0.4) is 0 Å². The molecule has 51 heavy (non-hydrogen) atoms. The molecule has 1 saturated heterocycles. The number of H-pyrrole nitrogens is 1. The van der Waals surface area contributed by atoms with E-state index >= 15 is 0 Å². The summed E-state index contributed by atoms with van der Waals surface area (Å²) in [6.07, 6.45) is -6.18. The maximum absolute atomic E-state index is 13.7. The SMILES string of the molecule is COP(=O)(Cl)N(C)C(CN(C)C(=O)C(F)(F)F)[C@@H]1CN(C(c2ccccc2)(c2ccccc2)c2ccccc2)C[C@H](n2cc(C)c(=O)[nH]c2=O)O1. The zero-order chi connectivity index (χ0) is 37.1. The van der Waals surface area contributed by atoms with Crippen LogP contribution in [-0.4, -0.2) is 89.1 Å². The molecule has 2 unspecified atom stereocenters. The summed E-state index contributed by atoms with van der Waals surface area (Å²) in [6.45, 7) is -3.32. The first kappa shape index (κ1) is 38.2. The van der Waals surface area contributed by atoms with Gasteiger partial charge < -0.3 is 14.2 Å². The molecule has 5 rings (SSSR count). The van der Waals surface area contributed by atoms with Gasteiger partial charge in [-0.05, 0) is 41.9 Å². The molecule has 1 aliphatic heterocycles. The minimum absolute atomic E-state index is 0.0249. The highest BCUT2D eigenvalue weighted by atomic mass is 35.7. The molecule has 4 aromatic rings. The molecule has 1 amide bonds. The average Bonchev–Trinajstić information content (AvgIpc) is 3.12. The number of nitrogens with zero attached hydrogens (tertiary/aromatic N) is 4. The highest BCUT2D eigenvalue weighted by molar-refractivity contribution is 7.83. The van der Waals surface area contributed by atoms with Crippen LogP contribution in [0, 0.1) is 6.92 Å². The van der Waals surface area contributed by atoms with Crippen molar-refractivity contribution in [3.63, 3.8) is 0 Å². The first-order valence-corrected chi connectivity index (χ1v) is 18.4. The minimum Gasteiger partial charge on any atom is -0.350 e. The Morgan fingerprint density at radius 3 is 1.90 bits per heavy atom. The zero-order valence-electron chi connectivity index (χ0n) is 28.3. The van der Waals surface area contributed by atoms with Gasteiger partial charge in [0.1, 0.15) is 0 Å². The van der Waals surface area contributed by atoms with Crippen molar-refractivity contribution in [3.8, 4) is 0 Å². The van der Waals surface area contributed by atoms with Gasteiger partial charge in [0.2, 0.25) is 0 Å². The van der Waals surface area contributed by atoms with Crippen molar-refractivity contribution >= 4 is 24.0 Å². The predicted octanol–water partition coefficient (Wildman–Crippen LogP) is 5.35. The van der Waals surface area contributed by atoms with Crippen molar-refractivity contribution in [2.24, 2.45) is 0 Å². The number of hydrogen-bond acceptors (Lipinski definition) is 7. The molecular weight excluding hydrogens is 710 g/mol. The monoisotopic (exact) mass is 747 g/mol. The van der Waals surface area contributed by atoms with Crippen LogP contribution in [0.1, 0.15) is 28.5 Å². The van der Waals surface area contributed by atoms with Crippen molar-refractivity contribution in [2.45, 2.75) is 37.0 Å². The van der Waals surface area contributed by atoms with E-state index in [0.29, 0.717) is 4.90 Å². The number of rotatable bonds is 11. The normalized spacial score (nSPS) is 19.0. The van der Waals surface area contributed by atoms with Gasteiger partial charge in [0.25, 0.3) is 5.56 Å². The summed E-state index contributed by atoms with van der Waals surface area (Å²) in [4.78, 5) is 43.0. The fraction of sp³-hybridized carbons (Fsp3) is 0.343. The summed E-state index contributed by atoms with van der Waals surface area (Å²) in [6, 6.07) is 27.4. The van der Waals surface area contributed by atoms with E-state index in [1.54, 1.807) is 0 Å². The molecule has 0 aliphatic carbocycles. The fourth-order valence-electron chi connectivity index (χ4n) is 6.66. The van der Waals surface area contributed by atoms with Gasteiger partial charge in [-0.2, -0.15) is 13.2 Å². The number of likely N-dealkylation sites (N-methyl/N-ethyl adjacent to an activating group) is 2. The summed E-state index contributed by atoms with van der Waals surface area (Å²) >= 11 is 6.34. The van der Waals surface area contributed by atoms with Gasteiger partial charge >= 0.3 is 24.6 Å². The van der Waals surface area contributed by atoms with Crippen molar-refractivity contribution in [2.75, 3.05) is 40.8 Å². The standard InChI is InChI=1S/C35H38ClF3N5O6P/c1-24-20-44(33(47)40-31(24)45)30-23-43(22-29(50-30)28(42(3)51(36,48)49-4)21-41(2)32(46)35(37,38)39)34(25-14-8-5-9-15-25,26-16-10-6-11-17-26)27-18-12-7-13-19-27/h5-20,28-30H,21-23H2,1-4H3,(H,40,45,47)/t28?,29-,30+,51?/m0/s1. The number of ether oxygens (including phenoxy) is 1. The summed E-state index contributed by atoms with van der Waals surface area (Å²) in [5.41, 5.74) is 0.188. The second-order valence-electron chi connectivity index (χ2n) is 12.3. The Hall–Kier alpha value is -4.04. The van der Waals surface area contributed by atoms with Crippen molar-refractivity contribution < 1.29 is 31.8 Å². The molecule has 0 radical (unpaired) electrons. The molecule has 3 aromatic carbocycles. The maximum Gasteiger partial charge on any atom is 0.471 e.